The number of hydrogen-bond acceptors (Lipinski definition) is 4. The van der Waals surface area contributed by atoms with Crippen molar-refractivity contribution < 1.29 is 24.2 Å². The topological polar surface area (TPSA) is 117 Å². The van der Waals surface area contributed by atoms with E-state index in [1.807, 2.05) is 13.8 Å². The Morgan fingerprint density at radius 3 is 2.15 bits per heavy atom. The molecule has 0 aromatic heterocycles. The Morgan fingerprint density at radius 1 is 1.10 bits per heavy atom. The molecule has 0 rings (SSSR count). The number of carbonyl (C=O) groups excluding carboxylic acids is 2. The number of carboxylic acid groups (broad SMARTS) is 1. The van der Waals surface area contributed by atoms with E-state index in [-0.39, 0.29) is 12.5 Å². The molecule has 0 aromatic carbocycles. The minimum atomic E-state index is -1.17. The van der Waals surface area contributed by atoms with Crippen LogP contribution in [0.1, 0.15) is 20.8 Å². The molecule has 3 amide bonds. The molecule has 4 N–H and O–H groups in total. The fraction of sp³-hybridized carbons (Fsp3) is 0.750. The Bertz CT molecular complexity index is 346. The molecule has 0 heterocycles. The Hall–Kier alpha value is -1.83. The highest BCUT2D eigenvalue weighted by molar-refractivity contribution is 5.86. The van der Waals surface area contributed by atoms with Gasteiger partial charge in [-0.3, -0.25) is 4.79 Å². The second-order valence-electron chi connectivity index (χ2n) is 4.78. The van der Waals surface area contributed by atoms with E-state index in [2.05, 4.69) is 20.7 Å². The van der Waals surface area contributed by atoms with Crippen LogP contribution < -0.4 is 16.0 Å². The van der Waals surface area contributed by atoms with Crippen molar-refractivity contribution in [2.45, 2.75) is 32.9 Å². The maximum absolute atomic E-state index is 11.6. The first-order valence-electron chi connectivity index (χ1n) is 6.35. The lowest BCUT2D eigenvalue weighted by atomic mass is 10.2. The summed E-state index contributed by atoms with van der Waals surface area (Å²) < 4.78 is 4.66. The molecule has 0 saturated heterocycles. The molecule has 0 aliphatic carbocycles. The summed E-state index contributed by atoms with van der Waals surface area (Å²) in [7, 11) is 1.24. The van der Waals surface area contributed by atoms with E-state index in [0.717, 1.165) is 0 Å². The number of carbonyl (C=O) groups is 3. The molecule has 2 unspecified atom stereocenters. The molecule has 8 heteroatoms. The molecule has 0 aromatic rings. The SMILES string of the molecule is COC(CNC(=O)NC(C)C(=O)NCC(C)C)C(=O)O. The van der Waals surface area contributed by atoms with Gasteiger partial charge < -0.3 is 25.8 Å². The van der Waals surface area contributed by atoms with Crippen molar-refractivity contribution in [1.82, 2.24) is 16.0 Å². The zero-order chi connectivity index (χ0) is 15.7. The third kappa shape index (κ3) is 7.57. The smallest absolute Gasteiger partial charge is 0.334 e. The van der Waals surface area contributed by atoms with E-state index >= 15 is 0 Å². The highest BCUT2D eigenvalue weighted by atomic mass is 16.5. The van der Waals surface area contributed by atoms with E-state index in [9.17, 15) is 14.4 Å². The highest BCUT2D eigenvalue weighted by Crippen LogP contribution is 1.90. The summed E-state index contributed by atoms with van der Waals surface area (Å²) in [6, 6.07) is -1.33. The van der Waals surface area contributed by atoms with Crippen LogP contribution in [0.3, 0.4) is 0 Å². The van der Waals surface area contributed by atoms with Gasteiger partial charge >= 0.3 is 12.0 Å². The first kappa shape index (κ1) is 18.2. The van der Waals surface area contributed by atoms with E-state index in [0.29, 0.717) is 12.5 Å². The summed E-state index contributed by atoms with van der Waals surface area (Å²) >= 11 is 0. The lowest BCUT2D eigenvalue weighted by Crippen LogP contribution is -2.50. The van der Waals surface area contributed by atoms with Gasteiger partial charge in [-0.2, -0.15) is 0 Å². The van der Waals surface area contributed by atoms with Crippen LogP contribution in [0.25, 0.3) is 0 Å². The van der Waals surface area contributed by atoms with Gasteiger partial charge in [0.15, 0.2) is 6.10 Å². The van der Waals surface area contributed by atoms with Gasteiger partial charge in [0.05, 0.1) is 6.54 Å². The van der Waals surface area contributed by atoms with Crippen molar-refractivity contribution in [2.24, 2.45) is 5.92 Å². The van der Waals surface area contributed by atoms with Gasteiger partial charge in [-0.1, -0.05) is 13.8 Å². The van der Waals surface area contributed by atoms with Gasteiger partial charge in [0, 0.05) is 13.7 Å². The normalized spacial score (nSPS) is 13.4. The number of carboxylic acids is 1. The maximum Gasteiger partial charge on any atom is 0.334 e. The molecular weight excluding hydrogens is 266 g/mol. The zero-order valence-corrected chi connectivity index (χ0v) is 12.2. The molecule has 0 aliphatic rings. The molecule has 0 radical (unpaired) electrons. The average Bonchev–Trinajstić information content (AvgIpc) is 2.35. The molecule has 0 aliphatic heterocycles. The summed E-state index contributed by atoms with van der Waals surface area (Å²) in [5.74, 6) is -1.15. The van der Waals surface area contributed by atoms with Gasteiger partial charge in [-0.15, -0.1) is 0 Å². The van der Waals surface area contributed by atoms with Crippen LogP contribution in [0.15, 0.2) is 0 Å². The quantitative estimate of drug-likeness (QED) is 0.483. The van der Waals surface area contributed by atoms with Crippen molar-refractivity contribution in [1.29, 1.82) is 0 Å². The first-order chi connectivity index (χ1) is 9.27. The Kier molecular flexibility index (Phi) is 8.30. The number of hydrogen-bond donors (Lipinski definition) is 4. The van der Waals surface area contributed by atoms with Crippen molar-refractivity contribution in [2.75, 3.05) is 20.2 Å². The van der Waals surface area contributed by atoms with Crippen LogP contribution in [0.4, 0.5) is 4.79 Å². The molecule has 0 spiro atoms. The maximum atomic E-state index is 11.6. The molecular formula is C12H23N3O5. The third-order valence-electron chi connectivity index (χ3n) is 2.43. The number of aliphatic carboxylic acids is 1. The third-order valence-corrected chi connectivity index (χ3v) is 2.43. The number of methoxy groups -OCH3 is 1. The standard InChI is InChI=1S/C12H23N3O5/c1-7(2)5-13-10(16)8(3)15-12(19)14-6-9(20-4)11(17)18/h7-9H,5-6H2,1-4H3,(H,13,16)(H,17,18)(H2,14,15,19). The Morgan fingerprint density at radius 2 is 1.70 bits per heavy atom. The van der Waals surface area contributed by atoms with E-state index in [1.54, 1.807) is 6.92 Å². The second kappa shape index (κ2) is 9.13. The van der Waals surface area contributed by atoms with Crippen LogP contribution in [0, 0.1) is 5.92 Å². The molecule has 8 nitrogen and oxygen atoms in total. The van der Waals surface area contributed by atoms with Gasteiger partial charge in [0.25, 0.3) is 0 Å². The summed E-state index contributed by atoms with van der Waals surface area (Å²) in [5.41, 5.74) is 0. The Balaban J connectivity index is 4.07. The number of rotatable bonds is 8. The minimum Gasteiger partial charge on any atom is -0.479 e. The van der Waals surface area contributed by atoms with Crippen molar-refractivity contribution in [3.8, 4) is 0 Å². The molecule has 116 valence electrons. The Labute approximate surface area is 118 Å². The van der Waals surface area contributed by atoms with Crippen molar-refractivity contribution in [3.05, 3.63) is 0 Å². The summed E-state index contributed by atoms with van der Waals surface area (Å²) in [4.78, 5) is 33.8. The second-order valence-corrected chi connectivity index (χ2v) is 4.78. The fourth-order valence-corrected chi connectivity index (χ4v) is 1.23. The number of urea groups is 1. The summed E-state index contributed by atoms with van der Waals surface area (Å²) in [6.45, 7) is 5.80. The minimum absolute atomic E-state index is 0.183. The molecule has 2 atom stereocenters. The number of amides is 3. The van der Waals surface area contributed by atoms with Gasteiger partial charge in [-0.05, 0) is 12.8 Å². The number of nitrogens with one attached hydrogen (secondary N) is 3. The number of ether oxygens (including phenoxy) is 1. The molecule has 0 saturated carbocycles. The largest absolute Gasteiger partial charge is 0.479 e. The average molecular weight is 289 g/mol. The van der Waals surface area contributed by atoms with Crippen LogP contribution >= 0.6 is 0 Å². The van der Waals surface area contributed by atoms with Gasteiger partial charge in [0.2, 0.25) is 5.91 Å². The van der Waals surface area contributed by atoms with Gasteiger partial charge in [-0.25, -0.2) is 9.59 Å². The van der Waals surface area contributed by atoms with Crippen LogP contribution in [0.5, 0.6) is 0 Å². The lowest BCUT2D eigenvalue weighted by molar-refractivity contribution is -0.148. The lowest BCUT2D eigenvalue weighted by Gasteiger charge is -2.17. The van der Waals surface area contributed by atoms with Crippen molar-refractivity contribution >= 4 is 17.9 Å². The zero-order valence-electron chi connectivity index (χ0n) is 12.2. The predicted molar refractivity (Wildman–Crippen MR) is 72.3 cm³/mol. The first-order valence-corrected chi connectivity index (χ1v) is 6.35. The van der Waals surface area contributed by atoms with Gasteiger partial charge in [0.1, 0.15) is 6.04 Å². The predicted octanol–water partition coefficient (Wildman–Crippen LogP) is -0.454. The van der Waals surface area contributed by atoms with E-state index in [4.69, 9.17) is 5.11 Å². The highest BCUT2D eigenvalue weighted by Gasteiger charge is 2.19. The molecule has 20 heavy (non-hydrogen) atoms. The fourth-order valence-electron chi connectivity index (χ4n) is 1.23. The van der Waals surface area contributed by atoms with Crippen molar-refractivity contribution in [3.63, 3.8) is 0 Å². The van der Waals surface area contributed by atoms with E-state index < -0.39 is 24.1 Å². The van der Waals surface area contributed by atoms with E-state index in [1.165, 1.54) is 7.11 Å². The molecule has 0 bridgehead atoms. The summed E-state index contributed by atoms with van der Waals surface area (Å²) in [5, 5.41) is 16.1. The van der Waals surface area contributed by atoms with Crippen LogP contribution in [-0.2, 0) is 14.3 Å². The van der Waals surface area contributed by atoms with Crippen LogP contribution in [0.2, 0.25) is 0 Å². The van der Waals surface area contributed by atoms with Crippen LogP contribution in [-0.4, -0.2) is 55.4 Å². The molecule has 0 fully saturated rings. The monoisotopic (exact) mass is 289 g/mol. The summed E-state index contributed by atoms with van der Waals surface area (Å²) in [6.07, 6.45) is -1.12.